The Morgan fingerprint density at radius 2 is 2.13 bits per heavy atom. The van der Waals surface area contributed by atoms with Gasteiger partial charge in [-0.25, -0.2) is 0 Å². The van der Waals surface area contributed by atoms with E-state index in [1.54, 1.807) is 7.11 Å². The SMILES string of the molecule is CO[C@@H]1CCN(Cc2ccc(I)cc2)C1. The van der Waals surface area contributed by atoms with Crippen LogP contribution in [0.3, 0.4) is 0 Å². The van der Waals surface area contributed by atoms with Crippen molar-refractivity contribution in [2.45, 2.75) is 19.1 Å². The topological polar surface area (TPSA) is 12.5 Å². The largest absolute Gasteiger partial charge is 0.380 e. The Morgan fingerprint density at radius 3 is 2.73 bits per heavy atom. The number of methoxy groups -OCH3 is 1. The molecule has 0 radical (unpaired) electrons. The van der Waals surface area contributed by atoms with Crippen LogP contribution in [-0.4, -0.2) is 31.2 Å². The molecule has 0 unspecified atom stereocenters. The average molecular weight is 317 g/mol. The highest BCUT2D eigenvalue weighted by molar-refractivity contribution is 14.1. The molecule has 0 spiro atoms. The van der Waals surface area contributed by atoms with Gasteiger partial charge in [-0.15, -0.1) is 0 Å². The summed E-state index contributed by atoms with van der Waals surface area (Å²) in [4.78, 5) is 2.45. The Morgan fingerprint density at radius 1 is 1.40 bits per heavy atom. The van der Waals surface area contributed by atoms with Gasteiger partial charge in [-0.3, -0.25) is 4.90 Å². The third-order valence-electron chi connectivity index (χ3n) is 2.88. The molecule has 2 rings (SSSR count). The van der Waals surface area contributed by atoms with Crippen molar-refractivity contribution >= 4 is 22.6 Å². The molecule has 1 aromatic rings. The first-order valence-electron chi connectivity index (χ1n) is 5.27. The second-order valence-electron chi connectivity index (χ2n) is 4.01. The Kier molecular flexibility index (Phi) is 3.99. The van der Waals surface area contributed by atoms with Crippen LogP contribution in [0.4, 0.5) is 0 Å². The maximum atomic E-state index is 5.36. The van der Waals surface area contributed by atoms with Gasteiger partial charge in [0.1, 0.15) is 0 Å². The molecule has 1 heterocycles. The molecule has 0 bridgehead atoms. The molecule has 1 atom stereocenters. The van der Waals surface area contributed by atoms with E-state index in [9.17, 15) is 0 Å². The third kappa shape index (κ3) is 3.16. The summed E-state index contributed by atoms with van der Waals surface area (Å²) in [6.45, 7) is 3.28. The summed E-state index contributed by atoms with van der Waals surface area (Å²) >= 11 is 2.34. The number of rotatable bonds is 3. The number of halogens is 1. The van der Waals surface area contributed by atoms with Gasteiger partial charge in [-0.2, -0.15) is 0 Å². The summed E-state index contributed by atoms with van der Waals surface area (Å²) in [5.41, 5.74) is 1.40. The van der Waals surface area contributed by atoms with E-state index >= 15 is 0 Å². The highest BCUT2D eigenvalue weighted by atomic mass is 127. The predicted molar refractivity (Wildman–Crippen MR) is 69.9 cm³/mol. The first-order valence-corrected chi connectivity index (χ1v) is 6.35. The quantitative estimate of drug-likeness (QED) is 0.795. The first-order chi connectivity index (χ1) is 7.28. The maximum absolute atomic E-state index is 5.36. The smallest absolute Gasteiger partial charge is 0.0710 e. The summed E-state index contributed by atoms with van der Waals surface area (Å²) in [5.74, 6) is 0. The number of benzene rings is 1. The molecule has 1 aromatic carbocycles. The van der Waals surface area contributed by atoms with E-state index in [1.165, 1.54) is 15.6 Å². The standard InChI is InChI=1S/C12H16INO/c1-15-12-6-7-14(9-12)8-10-2-4-11(13)5-3-10/h2-5,12H,6-9H2,1H3/t12-/m1/s1. The minimum Gasteiger partial charge on any atom is -0.380 e. The molecule has 1 saturated heterocycles. The van der Waals surface area contributed by atoms with Crippen LogP contribution >= 0.6 is 22.6 Å². The van der Waals surface area contributed by atoms with E-state index in [2.05, 4.69) is 51.8 Å². The predicted octanol–water partition coefficient (Wildman–Crippen LogP) is 2.51. The van der Waals surface area contributed by atoms with Crippen molar-refractivity contribution in [2.75, 3.05) is 20.2 Å². The van der Waals surface area contributed by atoms with E-state index < -0.39 is 0 Å². The molecule has 82 valence electrons. The molecule has 2 nitrogen and oxygen atoms in total. The molecule has 15 heavy (non-hydrogen) atoms. The fourth-order valence-corrected chi connectivity index (χ4v) is 2.34. The van der Waals surface area contributed by atoms with Crippen LogP contribution in [0.2, 0.25) is 0 Å². The van der Waals surface area contributed by atoms with E-state index in [-0.39, 0.29) is 0 Å². The number of likely N-dealkylation sites (tertiary alicyclic amines) is 1. The molecule has 0 saturated carbocycles. The Hall–Kier alpha value is -0.130. The Labute approximate surface area is 105 Å². The molecule has 3 heteroatoms. The molecule has 0 aromatic heterocycles. The molecular weight excluding hydrogens is 301 g/mol. The lowest BCUT2D eigenvalue weighted by molar-refractivity contribution is 0.107. The monoisotopic (exact) mass is 317 g/mol. The third-order valence-corrected chi connectivity index (χ3v) is 3.60. The van der Waals surface area contributed by atoms with Crippen molar-refractivity contribution in [2.24, 2.45) is 0 Å². The van der Waals surface area contributed by atoms with Crippen LogP contribution in [0.5, 0.6) is 0 Å². The fourth-order valence-electron chi connectivity index (χ4n) is 1.98. The summed E-state index contributed by atoms with van der Waals surface area (Å²) < 4.78 is 6.65. The van der Waals surface area contributed by atoms with Gasteiger partial charge in [0.05, 0.1) is 6.10 Å². The van der Waals surface area contributed by atoms with Gasteiger partial charge in [0.25, 0.3) is 0 Å². The zero-order valence-corrected chi connectivity index (χ0v) is 11.1. The van der Waals surface area contributed by atoms with Gasteiger partial charge >= 0.3 is 0 Å². The number of ether oxygens (including phenoxy) is 1. The molecular formula is C12H16INO. The van der Waals surface area contributed by atoms with E-state index in [0.717, 1.165) is 19.6 Å². The fraction of sp³-hybridized carbons (Fsp3) is 0.500. The maximum Gasteiger partial charge on any atom is 0.0710 e. The van der Waals surface area contributed by atoms with Crippen molar-refractivity contribution < 1.29 is 4.74 Å². The van der Waals surface area contributed by atoms with Crippen LogP contribution < -0.4 is 0 Å². The van der Waals surface area contributed by atoms with Crippen LogP contribution in [0.25, 0.3) is 0 Å². The molecule has 1 aliphatic rings. The van der Waals surface area contributed by atoms with Gasteiger partial charge in [0.2, 0.25) is 0 Å². The minimum atomic E-state index is 0.439. The van der Waals surface area contributed by atoms with Gasteiger partial charge in [0.15, 0.2) is 0 Å². The molecule has 1 aliphatic heterocycles. The minimum absolute atomic E-state index is 0.439. The molecule has 0 amide bonds. The van der Waals surface area contributed by atoms with Crippen LogP contribution in [0, 0.1) is 3.57 Å². The van der Waals surface area contributed by atoms with Gasteiger partial charge in [0, 0.05) is 30.3 Å². The van der Waals surface area contributed by atoms with E-state index in [1.807, 2.05) is 0 Å². The number of hydrogen-bond acceptors (Lipinski definition) is 2. The summed E-state index contributed by atoms with van der Waals surface area (Å²) in [5, 5.41) is 0. The lowest BCUT2D eigenvalue weighted by Crippen LogP contribution is -2.22. The van der Waals surface area contributed by atoms with E-state index in [4.69, 9.17) is 4.74 Å². The van der Waals surface area contributed by atoms with Gasteiger partial charge in [-0.1, -0.05) is 12.1 Å². The molecule has 1 fully saturated rings. The lowest BCUT2D eigenvalue weighted by Gasteiger charge is -2.15. The van der Waals surface area contributed by atoms with Crippen molar-refractivity contribution in [1.82, 2.24) is 4.90 Å². The molecule has 0 N–H and O–H groups in total. The summed E-state index contributed by atoms with van der Waals surface area (Å²) in [7, 11) is 1.80. The van der Waals surface area contributed by atoms with Gasteiger partial charge in [-0.05, 0) is 46.7 Å². The van der Waals surface area contributed by atoms with Crippen LogP contribution in [0.15, 0.2) is 24.3 Å². The second-order valence-corrected chi connectivity index (χ2v) is 5.25. The Bertz CT molecular complexity index is 312. The van der Waals surface area contributed by atoms with Gasteiger partial charge < -0.3 is 4.74 Å². The Balaban J connectivity index is 1.90. The average Bonchev–Trinajstić information content (AvgIpc) is 2.69. The molecule has 0 aliphatic carbocycles. The van der Waals surface area contributed by atoms with Crippen LogP contribution in [-0.2, 0) is 11.3 Å². The number of nitrogens with zero attached hydrogens (tertiary/aromatic N) is 1. The zero-order chi connectivity index (χ0) is 10.7. The normalized spacial score (nSPS) is 22.1. The second kappa shape index (κ2) is 5.27. The van der Waals surface area contributed by atoms with Crippen LogP contribution in [0.1, 0.15) is 12.0 Å². The number of hydrogen-bond donors (Lipinski definition) is 0. The van der Waals surface area contributed by atoms with Crippen molar-refractivity contribution in [3.63, 3.8) is 0 Å². The summed E-state index contributed by atoms with van der Waals surface area (Å²) in [6, 6.07) is 8.75. The zero-order valence-electron chi connectivity index (χ0n) is 8.95. The van der Waals surface area contributed by atoms with E-state index in [0.29, 0.717) is 6.10 Å². The highest BCUT2D eigenvalue weighted by Crippen LogP contribution is 2.16. The van der Waals surface area contributed by atoms with Crippen molar-refractivity contribution in [1.29, 1.82) is 0 Å². The summed E-state index contributed by atoms with van der Waals surface area (Å²) in [6.07, 6.45) is 1.61. The van der Waals surface area contributed by atoms with Crippen molar-refractivity contribution in [3.05, 3.63) is 33.4 Å². The van der Waals surface area contributed by atoms with Crippen molar-refractivity contribution in [3.8, 4) is 0 Å². The lowest BCUT2D eigenvalue weighted by atomic mass is 10.2. The first kappa shape index (κ1) is 11.4. The highest BCUT2D eigenvalue weighted by Gasteiger charge is 2.21.